The zero-order valence-corrected chi connectivity index (χ0v) is 19.6. The fourth-order valence-corrected chi connectivity index (χ4v) is 2.69. The first kappa shape index (κ1) is 35.6. The van der Waals surface area contributed by atoms with E-state index in [1.165, 1.54) is 24.3 Å². The van der Waals surface area contributed by atoms with Gasteiger partial charge in [0.2, 0.25) is 0 Å². The van der Waals surface area contributed by atoms with Gasteiger partial charge in [0, 0.05) is 24.8 Å². The maximum Gasteiger partial charge on any atom is 2.00 e. The van der Waals surface area contributed by atoms with E-state index in [4.69, 9.17) is 0 Å². The molecule has 0 aliphatic rings. The number of rotatable bonds is 4. The third-order valence-electron chi connectivity index (χ3n) is 4.27. The summed E-state index contributed by atoms with van der Waals surface area (Å²) in [7, 11) is 0. The number of hydrogen-bond acceptors (Lipinski definition) is 6. The third-order valence-corrected chi connectivity index (χ3v) is 4.27. The van der Waals surface area contributed by atoms with E-state index in [-0.39, 0.29) is 50.1 Å². The van der Waals surface area contributed by atoms with Crippen LogP contribution in [0.1, 0.15) is 20.7 Å². The number of benzene rings is 2. The number of carbonyl (C=O) groups is 2. The molecule has 0 aliphatic heterocycles. The van der Waals surface area contributed by atoms with Crippen LogP contribution in [0.3, 0.4) is 0 Å². The van der Waals surface area contributed by atoms with Crippen LogP contribution in [-0.4, -0.2) is 21.9 Å². The van der Waals surface area contributed by atoms with Gasteiger partial charge in [-0.3, -0.25) is 9.97 Å². The van der Waals surface area contributed by atoms with Crippen molar-refractivity contribution in [3.05, 3.63) is 109 Å². The molecule has 0 bridgehead atoms. The minimum Gasteiger partial charge on any atom is -0.545 e. The maximum atomic E-state index is 10.5. The van der Waals surface area contributed by atoms with Crippen molar-refractivity contribution in [2.24, 2.45) is 0 Å². The van der Waals surface area contributed by atoms with Crippen LogP contribution in [0, 0.1) is 0 Å². The van der Waals surface area contributed by atoms with Gasteiger partial charge in [-0.25, -0.2) is 0 Å². The monoisotopic (exact) mass is 527 g/mol. The van der Waals surface area contributed by atoms with E-state index in [0.29, 0.717) is 0 Å². The average molecular weight is 527 g/mol. The largest absolute Gasteiger partial charge is 2.00 e. The Morgan fingerprint density at radius 1 is 0.457 bits per heavy atom. The van der Waals surface area contributed by atoms with Crippen molar-refractivity contribution in [3.63, 3.8) is 0 Å². The Labute approximate surface area is 211 Å². The first-order valence-corrected chi connectivity index (χ1v) is 8.98. The zero-order valence-electron chi connectivity index (χ0n) is 18.5. The van der Waals surface area contributed by atoms with Crippen molar-refractivity contribution in [1.82, 2.24) is 9.97 Å². The number of pyridine rings is 2. The molecule has 10 nitrogen and oxygen atoms in total. The summed E-state index contributed by atoms with van der Waals surface area (Å²) < 4.78 is 0. The van der Waals surface area contributed by atoms with Crippen molar-refractivity contribution >= 4 is 11.9 Å². The van der Waals surface area contributed by atoms with Gasteiger partial charge in [0.25, 0.3) is 0 Å². The average Bonchev–Trinajstić information content (AvgIpc) is 2.81. The number of carbonyl (C=O) groups excluding carboxylic acids is 2. The number of carboxylic acid groups (broad SMARTS) is 2. The third kappa shape index (κ3) is 10.2. The van der Waals surface area contributed by atoms with Crippen LogP contribution < -0.4 is 10.2 Å². The van der Waals surface area contributed by atoms with Gasteiger partial charge < -0.3 is 41.7 Å². The Morgan fingerprint density at radius 2 is 0.686 bits per heavy atom. The van der Waals surface area contributed by atoms with Crippen molar-refractivity contribution in [1.29, 1.82) is 0 Å². The van der Waals surface area contributed by atoms with Gasteiger partial charge >= 0.3 is 17.1 Å². The summed E-state index contributed by atoms with van der Waals surface area (Å²) in [6.07, 6.45) is 6.79. The van der Waals surface area contributed by atoms with E-state index in [2.05, 4.69) is 9.97 Å². The molecular formula is C24H28MnN2O8+4. The summed E-state index contributed by atoms with van der Waals surface area (Å²) in [6.45, 7) is 0. The van der Waals surface area contributed by atoms with E-state index in [1.807, 2.05) is 24.3 Å². The molecule has 4 rings (SSSR count). The van der Waals surface area contributed by atoms with Crippen molar-refractivity contribution < 1.29 is 58.8 Å². The summed E-state index contributed by atoms with van der Waals surface area (Å²) >= 11 is 0. The molecule has 1 radical (unpaired) electrons. The molecule has 12 N–H and O–H groups in total. The Balaban J connectivity index is -0.000000512. The number of carboxylic acids is 2. The molecule has 2 heterocycles. The summed E-state index contributed by atoms with van der Waals surface area (Å²) in [6, 6.07) is 20.6. The minimum absolute atomic E-state index is 0. The second-order valence-electron chi connectivity index (χ2n) is 6.20. The molecule has 2 aromatic carbocycles. The second-order valence-corrected chi connectivity index (χ2v) is 6.20. The smallest absolute Gasteiger partial charge is 0.545 e. The number of aromatic nitrogens is 2. The van der Waals surface area contributed by atoms with Crippen molar-refractivity contribution in [2.75, 3.05) is 0 Å². The van der Waals surface area contributed by atoms with Crippen LogP contribution >= 0.6 is 0 Å². The molecule has 0 aliphatic carbocycles. The Kier molecular flexibility index (Phi) is 17.8. The van der Waals surface area contributed by atoms with Gasteiger partial charge in [-0.05, 0) is 57.6 Å². The minimum atomic E-state index is -1.16. The molecule has 0 saturated heterocycles. The Bertz CT molecular complexity index is 1030. The van der Waals surface area contributed by atoms with E-state index in [1.54, 1.807) is 49.1 Å². The molecular weight excluding hydrogens is 499 g/mol. The van der Waals surface area contributed by atoms with Crippen LogP contribution in [0.2, 0.25) is 0 Å². The quantitative estimate of drug-likeness (QED) is 0.227. The van der Waals surface area contributed by atoms with Crippen LogP contribution in [0.25, 0.3) is 22.3 Å². The van der Waals surface area contributed by atoms with Gasteiger partial charge in [-0.1, -0.05) is 48.5 Å². The molecule has 4 aromatic rings. The maximum absolute atomic E-state index is 10.5. The topological polar surface area (TPSA) is 238 Å². The van der Waals surface area contributed by atoms with Crippen LogP contribution in [-0.2, 0) is 39.0 Å². The van der Waals surface area contributed by atoms with Crippen LogP contribution in [0.5, 0.6) is 0 Å². The molecule has 11 heteroatoms. The zero-order chi connectivity index (χ0) is 21.3. The van der Waals surface area contributed by atoms with Crippen molar-refractivity contribution in [3.8, 4) is 22.3 Å². The van der Waals surface area contributed by atoms with E-state index >= 15 is 0 Å². The SMILES string of the molecule is O=C([O-])c1ccc(-c2ccncc2)cc1.O=C([O-])c1ccc(-c2ccncc2)cc1.[Mn+2].[OH3+].[OH3+].[OH3+].[OH3+]. The molecule has 185 valence electrons. The normalized spacial score (nSPS) is 8.46. The fourth-order valence-electron chi connectivity index (χ4n) is 2.69. The number of hydrogen-bond donors (Lipinski definition) is 0. The second kappa shape index (κ2) is 17.5. The van der Waals surface area contributed by atoms with E-state index in [9.17, 15) is 19.8 Å². The van der Waals surface area contributed by atoms with Gasteiger partial charge in [-0.2, -0.15) is 0 Å². The summed E-state index contributed by atoms with van der Waals surface area (Å²) in [5.74, 6) is -2.31. The predicted molar refractivity (Wildman–Crippen MR) is 127 cm³/mol. The first-order valence-electron chi connectivity index (χ1n) is 8.98. The van der Waals surface area contributed by atoms with Crippen LogP contribution in [0.15, 0.2) is 97.6 Å². The fraction of sp³-hybridized carbons (Fsp3) is 0. The Morgan fingerprint density at radius 3 is 0.914 bits per heavy atom. The standard InChI is InChI=1S/2C12H9NO2.Mn.4H2O/c2*14-12(15)11-3-1-9(2-4-11)10-5-7-13-8-6-10;;;;;/h2*1-8H,(H,14,15);;4*1H2/q;;+2;;;;/p+2. The first-order chi connectivity index (χ1) is 14.5. The number of nitrogens with zero attached hydrogens (tertiary/aromatic N) is 2. The number of aromatic carboxylic acids is 2. The molecule has 0 unspecified atom stereocenters. The van der Waals surface area contributed by atoms with Crippen LogP contribution in [0.4, 0.5) is 0 Å². The summed E-state index contributed by atoms with van der Waals surface area (Å²) in [5.41, 5.74) is 4.32. The van der Waals surface area contributed by atoms with Gasteiger partial charge in [-0.15, -0.1) is 0 Å². The molecule has 0 saturated carbocycles. The Hall–Kier alpha value is -3.96. The predicted octanol–water partition coefficient (Wildman–Crippen LogP) is -1.47. The molecule has 0 fully saturated rings. The van der Waals surface area contributed by atoms with Gasteiger partial charge in [0.05, 0.1) is 11.9 Å². The summed E-state index contributed by atoms with van der Waals surface area (Å²) in [5, 5.41) is 21.1. The molecule has 35 heavy (non-hydrogen) atoms. The molecule has 0 atom stereocenters. The van der Waals surface area contributed by atoms with Gasteiger partial charge in [0.15, 0.2) is 0 Å². The van der Waals surface area contributed by atoms with Gasteiger partial charge in [0.1, 0.15) is 0 Å². The molecule has 0 spiro atoms. The van der Waals surface area contributed by atoms with E-state index < -0.39 is 11.9 Å². The van der Waals surface area contributed by atoms with E-state index in [0.717, 1.165) is 22.3 Å². The summed E-state index contributed by atoms with van der Waals surface area (Å²) in [4.78, 5) is 28.9. The molecule has 2 aromatic heterocycles. The molecule has 0 amide bonds. The van der Waals surface area contributed by atoms with Crippen molar-refractivity contribution in [2.45, 2.75) is 0 Å².